The molecule has 0 aliphatic rings. The molecule has 0 fully saturated rings. The summed E-state index contributed by atoms with van der Waals surface area (Å²) in [4.78, 5) is 9.02. The molecule has 19 heavy (non-hydrogen) atoms. The van der Waals surface area contributed by atoms with Gasteiger partial charge in [-0.15, -0.1) is 0 Å². The second kappa shape index (κ2) is 6.36. The van der Waals surface area contributed by atoms with Crippen LogP contribution in [0.3, 0.4) is 0 Å². The lowest BCUT2D eigenvalue weighted by atomic mass is 10.1. The van der Waals surface area contributed by atoms with E-state index in [1.54, 1.807) is 0 Å². The van der Waals surface area contributed by atoms with Crippen LogP contribution >= 0.6 is 0 Å². The molecule has 2 rings (SSSR count). The molecule has 0 spiro atoms. The van der Waals surface area contributed by atoms with Crippen molar-refractivity contribution in [2.45, 2.75) is 40.2 Å². The fraction of sp³-hybridized carbons (Fsp3) is 0.467. The number of aryl methyl sites for hydroxylation is 2. The van der Waals surface area contributed by atoms with Gasteiger partial charge in [-0.1, -0.05) is 19.9 Å². The summed E-state index contributed by atoms with van der Waals surface area (Å²) < 4.78 is 2.15. The van der Waals surface area contributed by atoms with Crippen molar-refractivity contribution in [1.29, 1.82) is 0 Å². The second-order valence-corrected chi connectivity index (χ2v) is 4.72. The van der Waals surface area contributed by atoms with Crippen molar-refractivity contribution >= 4 is 5.95 Å². The molecule has 0 saturated carbocycles. The summed E-state index contributed by atoms with van der Waals surface area (Å²) in [5.41, 5.74) is 3.46. The number of pyridine rings is 1. The number of anilines is 1. The molecule has 102 valence electrons. The lowest BCUT2D eigenvalue weighted by Gasteiger charge is -2.11. The summed E-state index contributed by atoms with van der Waals surface area (Å²) in [5, 5.41) is 3.37. The zero-order chi connectivity index (χ0) is 13.7. The average Bonchev–Trinajstić information content (AvgIpc) is 2.77. The maximum Gasteiger partial charge on any atom is 0.203 e. The lowest BCUT2D eigenvalue weighted by Crippen LogP contribution is -2.10. The Bertz CT molecular complexity index is 531. The van der Waals surface area contributed by atoms with Crippen LogP contribution in [0.2, 0.25) is 0 Å². The van der Waals surface area contributed by atoms with Crippen molar-refractivity contribution in [2.75, 3.05) is 11.9 Å². The van der Waals surface area contributed by atoms with Crippen LogP contribution in [0, 0.1) is 6.92 Å². The van der Waals surface area contributed by atoms with Crippen molar-refractivity contribution < 1.29 is 0 Å². The largest absolute Gasteiger partial charge is 0.356 e. The van der Waals surface area contributed by atoms with Crippen LogP contribution in [0.25, 0.3) is 0 Å². The minimum Gasteiger partial charge on any atom is -0.356 e. The molecule has 0 bridgehead atoms. The van der Waals surface area contributed by atoms with E-state index in [4.69, 9.17) is 0 Å². The monoisotopic (exact) mass is 258 g/mol. The molecule has 4 heteroatoms. The van der Waals surface area contributed by atoms with Gasteiger partial charge < -0.3 is 9.88 Å². The zero-order valence-corrected chi connectivity index (χ0v) is 12.0. The highest BCUT2D eigenvalue weighted by Gasteiger charge is 2.08. The van der Waals surface area contributed by atoms with E-state index in [1.807, 2.05) is 19.2 Å². The van der Waals surface area contributed by atoms with Gasteiger partial charge >= 0.3 is 0 Å². The molecule has 2 aromatic heterocycles. The van der Waals surface area contributed by atoms with Crippen molar-refractivity contribution in [3.05, 3.63) is 41.5 Å². The summed E-state index contributed by atoms with van der Waals surface area (Å²) in [7, 11) is 0. The number of hydrogen-bond acceptors (Lipinski definition) is 3. The maximum atomic E-state index is 4.52. The highest BCUT2D eigenvalue weighted by atomic mass is 15.2. The van der Waals surface area contributed by atoms with Gasteiger partial charge in [-0.05, 0) is 31.4 Å². The molecule has 0 aliphatic carbocycles. The van der Waals surface area contributed by atoms with Gasteiger partial charge in [0.05, 0.1) is 17.9 Å². The third-order valence-electron chi connectivity index (χ3n) is 3.12. The molecule has 0 amide bonds. The number of rotatable bonds is 6. The van der Waals surface area contributed by atoms with E-state index in [0.717, 1.165) is 43.3 Å². The first-order valence-corrected chi connectivity index (χ1v) is 6.95. The molecule has 2 heterocycles. The Balaban J connectivity index is 2.22. The van der Waals surface area contributed by atoms with Crippen molar-refractivity contribution in [1.82, 2.24) is 14.5 Å². The smallest absolute Gasteiger partial charge is 0.203 e. The predicted molar refractivity (Wildman–Crippen MR) is 78.5 cm³/mol. The van der Waals surface area contributed by atoms with Gasteiger partial charge in [0, 0.05) is 18.9 Å². The van der Waals surface area contributed by atoms with E-state index < -0.39 is 0 Å². The van der Waals surface area contributed by atoms with Gasteiger partial charge in [-0.3, -0.25) is 4.98 Å². The molecular weight excluding hydrogens is 236 g/mol. The molecule has 4 nitrogen and oxygen atoms in total. The van der Waals surface area contributed by atoms with E-state index >= 15 is 0 Å². The topological polar surface area (TPSA) is 42.7 Å². The number of nitrogens with one attached hydrogen (secondary N) is 1. The van der Waals surface area contributed by atoms with Gasteiger partial charge in [0.1, 0.15) is 0 Å². The van der Waals surface area contributed by atoms with Crippen LogP contribution in [-0.2, 0) is 13.0 Å². The van der Waals surface area contributed by atoms with Crippen molar-refractivity contribution in [3.63, 3.8) is 0 Å². The molecule has 2 aromatic rings. The Morgan fingerprint density at radius 1 is 1.32 bits per heavy atom. The van der Waals surface area contributed by atoms with E-state index in [-0.39, 0.29) is 0 Å². The van der Waals surface area contributed by atoms with E-state index in [2.05, 4.69) is 46.0 Å². The maximum absolute atomic E-state index is 4.52. The van der Waals surface area contributed by atoms with Gasteiger partial charge in [0.2, 0.25) is 5.95 Å². The molecular formula is C15H22N4. The lowest BCUT2D eigenvalue weighted by molar-refractivity contribution is 0.759. The average molecular weight is 258 g/mol. The van der Waals surface area contributed by atoms with Crippen LogP contribution in [0.4, 0.5) is 5.95 Å². The van der Waals surface area contributed by atoms with Gasteiger partial charge in [-0.25, -0.2) is 4.98 Å². The highest BCUT2D eigenvalue weighted by Crippen LogP contribution is 2.14. The third kappa shape index (κ3) is 3.34. The zero-order valence-electron chi connectivity index (χ0n) is 12.0. The van der Waals surface area contributed by atoms with E-state index in [1.165, 1.54) is 5.56 Å². The molecule has 0 unspecified atom stereocenters. The first kappa shape index (κ1) is 13.6. The summed E-state index contributed by atoms with van der Waals surface area (Å²) in [6, 6.07) is 4.14. The Kier molecular flexibility index (Phi) is 4.55. The Hall–Kier alpha value is -1.84. The first-order valence-electron chi connectivity index (χ1n) is 6.95. The minimum atomic E-state index is 0.775. The molecule has 0 aromatic carbocycles. The SMILES string of the molecule is CCCNc1nc(C)cn1Cc1ncccc1CC. The summed E-state index contributed by atoms with van der Waals surface area (Å²) in [5.74, 6) is 0.937. The standard InChI is InChI=1S/C15H22N4/c1-4-8-17-15-18-12(3)10-19(15)11-14-13(5-2)7-6-9-16-14/h6-7,9-10H,4-5,8,11H2,1-3H3,(H,17,18). The Labute approximate surface area is 114 Å². The van der Waals surface area contributed by atoms with Crippen molar-refractivity contribution in [3.8, 4) is 0 Å². The van der Waals surface area contributed by atoms with E-state index in [9.17, 15) is 0 Å². The van der Waals surface area contributed by atoms with Crippen LogP contribution in [0.15, 0.2) is 24.5 Å². The minimum absolute atomic E-state index is 0.775. The summed E-state index contributed by atoms with van der Waals surface area (Å²) >= 11 is 0. The number of aromatic nitrogens is 3. The molecule has 0 saturated heterocycles. The fourth-order valence-electron chi connectivity index (χ4n) is 2.14. The predicted octanol–water partition coefficient (Wildman–Crippen LogP) is 3.02. The Morgan fingerprint density at radius 3 is 2.89 bits per heavy atom. The third-order valence-corrected chi connectivity index (χ3v) is 3.12. The molecule has 0 radical (unpaired) electrons. The first-order chi connectivity index (χ1) is 9.24. The van der Waals surface area contributed by atoms with Gasteiger partial charge in [0.15, 0.2) is 0 Å². The summed E-state index contributed by atoms with van der Waals surface area (Å²) in [6.45, 7) is 8.06. The van der Waals surface area contributed by atoms with Crippen LogP contribution in [0.5, 0.6) is 0 Å². The van der Waals surface area contributed by atoms with Crippen molar-refractivity contribution in [2.24, 2.45) is 0 Å². The molecule has 0 atom stereocenters. The van der Waals surface area contributed by atoms with Gasteiger partial charge in [0.25, 0.3) is 0 Å². The molecule has 0 aliphatic heterocycles. The molecule has 1 N–H and O–H groups in total. The number of hydrogen-bond donors (Lipinski definition) is 1. The fourth-order valence-corrected chi connectivity index (χ4v) is 2.14. The highest BCUT2D eigenvalue weighted by molar-refractivity contribution is 5.31. The Morgan fingerprint density at radius 2 is 2.16 bits per heavy atom. The number of imidazole rings is 1. The second-order valence-electron chi connectivity index (χ2n) is 4.72. The van der Waals surface area contributed by atoms with Crippen LogP contribution in [-0.4, -0.2) is 21.1 Å². The van der Waals surface area contributed by atoms with Gasteiger partial charge in [-0.2, -0.15) is 0 Å². The summed E-state index contributed by atoms with van der Waals surface area (Å²) in [6.07, 6.45) is 6.04. The quantitative estimate of drug-likeness (QED) is 0.866. The van der Waals surface area contributed by atoms with E-state index in [0.29, 0.717) is 0 Å². The van der Waals surface area contributed by atoms with Crippen LogP contribution in [0.1, 0.15) is 37.2 Å². The number of nitrogens with zero attached hydrogens (tertiary/aromatic N) is 3. The van der Waals surface area contributed by atoms with Crippen LogP contribution < -0.4 is 5.32 Å². The normalized spacial score (nSPS) is 10.7.